The van der Waals surface area contributed by atoms with Gasteiger partial charge in [0.05, 0.1) is 34.9 Å². The van der Waals surface area contributed by atoms with Crippen molar-refractivity contribution in [2.45, 2.75) is 13.5 Å². The van der Waals surface area contributed by atoms with Crippen LogP contribution in [0, 0.1) is 0 Å². The van der Waals surface area contributed by atoms with Crippen LogP contribution in [0.2, 0.25) is 0 Å². The predicted molar refractivity (Wildman–Crippen MR) is 202 cm³/mol. The highest BCUT2D eigenvalue weighted by Gasteiger charge is 2.23. The highest BCUT2D eigenvalue weighted by Crippen LogP contribution is 2.40. The van der Waals surface area contributed by atoms with Crippen LogP contribution in [0.3, 0.4) is 0 Å². The second-order valence-corrected chi connectivity index (χ2v) is 12.5. The summed E-state index contributed by atoms with van der Waals surface area (Å²) in [6.45, 7) is 3.06. The molecular weight excluding hydrogens is 603 g/mol. The summed E-state index contributed by atoms with van der Waals surface area (Å²) < 4.78 is 8.33. The van der Waals surface area contributed by atoms with E-state index in [4.69, 9.17) is 15.1 Å². The minimum Gasteiger partial charge on any atom is -0.440 e. The molecule has 0 saturated heterocycles. The Morgan fingerprint density at radius 2 is 1.53 bits per heavy atom. The van der Waals surface area contributed by atoms with Crippen molar-refractivity contribution in [3.63, 3.8) is 0 Å². The van der Waals surface area contributed by atoms with Gasteiger partial charge in [-0.25, -0.2) is 4.98 Å². The van der Waals surface area contributed by atoms with Gasteiger partial charge in [-0.1, -0.05) is 72.8 Å². The molecule has 0 saturated carbocycles. The lowest BCUT2D eigenvalue weighted by Crippen LogP contribution is -2.27. The topological polar surface area (TPSA) is 76.0 Å². The number of nitrogens with zero attached hydrogens (tertiary/aromatic N) is 3. The van der Waals surface area contributed by atoms with Crippen LogP contribution in [0.25, 0.3) is 61.5 Å². The number of aromatic nitrogens is 3. The first-order chi connectivity index (χ1) is 24.1. The number of H-pyrrole nitrogens is 1. The van der Waals surface area contributed by atoms with Gasteiger partial charge in [0.15, 0.2) is 5.88 Å². The Morgan fingerprint density at radius 3 is 2.45 bits per heavy atom. The number of rotatable bonds is 5. The quantitative estimate of drug-likeness (QED) is 0.197. The second kappa shape index (κ2) is 11.6. The average molecular weight is 636 g/mol. The maximum absolute atomic E-state index is 6.53. The van der Waals surface area contributed by atoms with Gasteiger partial charge < -0.3 is 24.6 Å². The van der Waals surface area contributed by atoms with Gasteiger partial charge >= 0.3 is 0 Å². The Morgan fingerprint density at radius 1 is 0.755 bits per heavy atom. The number of hydrogen-bond acceptors (Lipinski definition) is 4. The molecule has 0 fully saturated rings. The molecule has 6 aromatic carbocycles. The number of benzene rings is 6. The summed E-state index contributed by atoms with van der Waals surface area (Å²) in [5, 5.41) is 0.980. The molecule has 1 aliphatic heterocycles. The maximum Gasteiger partial charge on any atom is 0.198 e. The van der Waals surface area contributed by atoms with Gasteiger partial charge in [0.25, 0.3) is 0 Å². The zero-order valence-corrected chi connectivity index (χ0v) is 27.0. The van der Waals surface area contributed by atoms with Gasteiger partial charge in [0.2, 0.25) is 0 Å². The molecule has 0 radical (unpaired) electrons. The minimum absolute atomic E-state index is 0.412. The molecule has 1 aliphatic rings. The van der Waals surface area contributed by atoms with Crippen molar-refractivity contribution < 1.29 is 4.42 Å². The van der Waals surface area contributed by atoms with Crippen LogP contribution < -0.4 is 10.6 Å². The summed E-state index contributed by atoms with van der Waals surface area (Å²) >= 11 is 0. The van der Waals surface area contributed by atoms with E-state index in [1.807, 2.05) is 24.3 Å². The number of nitrogen functional groups attached to an aromatic ring is 1. The standard InChI is InChI=1S/C43H33N5O/c1-28(29-11-8-13-33(23-29)47-26-32-10-2-5-17-39(32)47)22-36-35-25-31(20-21-42(35)49-43(36)44)30-12-9-14-34(24-30)48-40-18-6-3-15-37(40)45-27-46-38-16-4-7-19-41(38)48/h2-25,27H,26,44H2,1H3,(H,45,46)/b28-22+. The lowest BCUT2D eigenvalue weighted by atomic mass is 9.98. The fourth-order valence-corrected chi connectivity index (χ4v) is 6.94. The lowest BCUT2D eigenvalue weighted by molar-refractivity contribution is 0.636. The first-order valence-electron chi connectivity index (χ1n) is 16.4. The number of para-hydroxylation sites is 5. The van der Waals surface area contributed by atoms with E-state index in [1.54, 1.807) is 6.33 Å². The molecule has 0 unspecified atom stereocenters. The monoisotopic (exact) mass is 635 g/mol. The lowest BCUT2D eigenvalue weighted by Gasteiger charge is -2.36. The van der Waals surface area contributed by atoms with Crippen molar-refractivity contribution in [3.8, 4) is 16.8 Å². The molecule has 0 aliphatic carbocycles. The Hall–Kier alpha value is -6.53. The van der Waals surface area contributed by atoms with E-state index in [1.165, 1.54) is 16.9 Å². The molecule has 0 atom stereocenters. The van der Waals surface area contributed by atoms with Gasteiger partial charge in [-0.15, -0.1) is 0 Å². The van der Waals surface area contributed by atoms with E-state index < -0.39 is 0 Å². The van der Waals surface area contributed by atoms with Crippen LogP contribution in [0.1, 0.15) is 23.6 Å². The molecule has 8 aromatic rings. The molecule has 0 spiro atoms. The molecule has 3 N–H and O–H groups in total. The zero-order valence-electron chi connectivity index (χ0n) is 27.0. The van der Waals surface area contributed by atoms with Gasteiger partial charge in [0, 0.05) is 28.0 Å². The molecule has 49 heavy (non-hydrogen) atoms. The van der Waals surface area contributed by atoms with Crippen molar-refractivity contribution in [2.75, 3.05) is 10.6 Å². The van der Waals surface area contributed by atoms with Crippen molar-refractivity contribution in [1.82, 2.24) is 14.5 Å². The Balaban J connectivity index is 1.12. The van der Waals surface area contributed by atoms with Crippen LogP contribution in [-0.4, -0.2) is 14.5 Å². The van der Waals surface area contributed by atoms with Crippen molar-refractivity contribution >= 4 is 61.9 Å². The van der Waals surface area contributed by atoms with E-state index >= 15 is 0 Å². The third kappa shape index (κ3) is 5.02. The van der Waals surface area contributed by atoms with Crippen LogP contribution in [-0.2, 0) is 6.54 Å². The molecule has 236 valence electrons. The molecule has 0 amide bonds. The van der Waals surface area contributed by atoms with Crippen LogP contribution >= 0.6 is 0 Å². The van der Waals surface area contributed by atoms with Crippen LogP contribution in [0.15, 0.2) is 150 Å². The van der Waals surface area contributed by atoms with Crippen molar-refractivity contribution in [2.24, 2.45) is 0 Å². The Labute approximate surface area is 283 Å². The number of nitrogens with one attached hydrogen (secondary N) is 1. The Bertz CT molecular complexity index is 2580. The van der Waals surface area contributed by atoms with E-state index in [2.05, 4.69) is 143 Å². The first-order valence-corrected chi connectivity index (χ1v) is 16.4. The number of allylic oxidation sites excluding steroid dienone is 1. The third-order valence-corrected chi connectivity index (χ3v) is 9.47. The number of aromatic amines is 1. The van der Waals surface area contributed by atoms with E-state index in [-0.39, 0.29) is 0 Å². The Kier molecular flexibility index (Phi) is 6.80. The summed E-state index contributed by atoms with van der Waals surface area (Å²) in [6, 6.07) is 48.7. The van der Waals surface area contributed by atoms with Crippen LogP contribution in [0.4, 0.5) is 17.3 Å². The average Bonchev–Trinajstić information content (AvgIpc) is 3.43. The zero-order chi connectivity index (χ0) is 32.9. The second-order valence-electron chi connectivity index (χ2n) is 12.5. The van der Waals surface area contributed by atoms with E-state index in [0.717, 1.165) is 73.1 Å². The van der Waals surface area contributed by atoms with Crippen LogP contribution in [0.5, 0.6) is 0 Å². The molecule has 6 heteroatoms. The third-order valence-electron chi connectivity index (χ3n) is 9.47. The molecule has 9 rings (SSSR count). The molecule has 0 bridgehead atoms. The van der Waals surface area contributed by atoms with Gasteiger partial charge in [-0.2, -0.15) is 0 Å². The first kappa shape index (κ1) is 28.7. The molecule has 3 heterocycles. The maximum atomic E-state index is 6.53. The predicted octanol–water partition coefficient (Wildman–Crippen LogP) is 10.8. The SMILES string of the molecule is C/C(=C\c1c(N)oc2ccc(-c3cccc(-n4c5ccccc5nc[nH]c5ccccc54)c3)cc12)c1cccc(N2Cc3ccccc32)c1. The normalized spacial score (nSPS) is 12.7. The number of hydrogen-bond donors (Lipinski definition) is 2. The van der Waals surface area contributed by atoms with Gasteiger partial charge in [-0.3, -0.25) is 0 Å². The number of anilines is 3. The highest BCUT2D eigenvalue weighted by molar-refractivity contribution is 5.99. The van der Waals surface area contributed by atoms with Gasteiger partial charge in [0.1, 0.15) is 5.58 Å². The fraction of sp³-hybridized carbons (Fsp3) is 0.0465. The molecule has 2 aromatic heterocycles. The number of nitrogens with two attached hydrogens (primary N) is 1. The summed E-state index contributed by atoms with van der Waals surface area (Å²) in [6.07, 6.45) is 3.90. The number of furan rings is 1. The molecule has 6 nitrogen and oxygen atoms in total. The molecular formula is C43H33N5O. The smallest absolute Gasteiger partial charge is 0.198 e. The summed E-state index contributed by atoms with van der Waals surface area (Å²) in [7, 11) is 0. The van der Waals surface area contributed by atoms with E-state index in [9.17, 15) is 0 Å². The highest BCUT2D eigenvalue weighted by atomic mass is 16.3. The largest absolute Gasteiger partial charge is 0.440 e. The van der Waals surface area contributed by atoms with Gasteiger partial charge in [-0.05, 0) is 108 Å². The fourth-order valence-electron chi connectivity index (χ4n) is 6.94. The van der Waals surface area contributed by atoms with Crippen molar-refractivity contribution in [1.29, 1.82) is 0 Å². The van der Waals surface area contributed by atoms with Crippen molar-refractivity contribution in [3.05, 3.63) is 163 Å². The summed E-state index contributed by atoms with van der Waals surface area (Å²) in [5.41, 5.74) is 21.4. The number of fused-ring (bicyclic) bond motifs is 4. The summed E-state index contributed by atoms with van der Waals surface area (Å²) in [4.78, 5) is 10.4. The summed E-state index contributed by atoms with van der Waals surface area (Å²) in [5.74, 6) is 0.412. The minimum atomic E-state index is 0.412. The van der Waals surface area contributed by atoms with E-state index in [0.29, 0.717) is 5.88 Å².